The molecule has 0 saturated carbocycles. The second kappa shape index (κ2) is 6.64. The maximum Gasteiger partial charge on any atom is 0.341 e. The molecule has 0 radical (unpaired) electrons. The quantitative estimate of drug-likeness (QED) is 0.914. The van der Waals surface area contributed by atoms with Crippen molar-refractivity contribution in [3.8, 4) is 5.75 Å². The Kier molecular flexibility index (Phi) is 4.41. The normalized spacial score (nSPS) is 14.0. The van der Waals surface area contributed by atoms with Crippen molar-refractivity contribution >= 4 is 11.8 Å². The van der Waals surface area contributed by atoms with Gasteiger partial charge in [-0.25, -0.2) is 14.8 Å². The van der Waals surface area contributed by atoms with Gasteiger partial charge in [0.25, 0.3) is 0 Å². The molecule has 0 unspecified atom stereocenters. The summed E-state index contributed by atoms with van der Waals surface area (Å²) in [5, 5.41) is 9.32. The van der Waals surface area contributed by atoms with Crippen LogP contribution in [0, 0.1) is 6.92 Å². The lowest BCUT2D eigenvalue weighted by Crippen LogP contribution is -2.23. The Morgan fingerprint density at radius 3 is 2.74 bits per heavy atom. The number of para-hydroxylation sites is 1. The highest BCUT2D eigenvalue weighted by molar-refractivity contribution is 5.93. The summed E-state index contributed by atoms with van der Waals surface area (Å²) >= 11 is 0. The lowest BCUT2D eigenvalue weighted by atomic mass is 10.2. The molecule has 3 rings (SSSR count). The molecule has 6 heteroatoms. The summed E-state index contributed by atoms with van der Waals surface area (Å²) in [7, 11) is 0. The predicted molar refractivity (Wildman–Crippen MR) is 85.9 cm³/mol. The van der Waals surface area contributed by atoms with Gasteiger partial charge in [0.15, 0.2) is 5.82 Å². The SMILES string of the molecule is Cc1ccccc1OCc1ncc(C(=O)O)c(N2CCCC2)n1. The van der Waals surface area contributed by atoms with Crippen LogP contribution in [-0.2, 0) is 6.61 Å². The predicted octanol–water partition coefficient (Wildman–Crippen LogP) is 2.66. The van der Waals surface area contributed by atoms with Gasteiger partial charge in [-0.3, -0.25) is 0 Å². The summed E-state index contributed by atoms with van der Waals surface area (Å²) in [5.41, 5.74) is 1.18. The highest BCUT2D eigenvalue weighted by Gasteiger charge is 2.22. The fraction of sp³-hybridized carbons (Fsp3) is 0.353. The number of ether oxygens (including phenoxy) is 1. The second-order valence-electron chi connectivity index (χ2n) is 5.58. The first-order valence-electron chi connectivity index (χ1n) is 7.68. The molecular weight excluding hydrogens is 294 g/mol. The van der Waals surface area contributed by atoms with Gasteiger partial charge in [0.1, 0.15) is 23.7 Å². The molecule has 0 atom stereocenters. The number of carboxylic acid groups (broad SMARTS) is 1. The zero-order chi connectivity index (χ0) is 16.2. The third-order valence-corrected chi connectivity index (χ3v) is 3.90. The Hall–Kier alpha value is -2.63. The van der Waals surface area contributed by atoms with Crippen molar-refractivity contribution in [2.45, 2.75) is 26.4 Å². The van der Waals surface area contributed by atoms with E-state index in [-0.39, 0.29) is 12.2 Å². The number of rotatable bonds is 5. The summed E-state index contributed by atoms with van der Waals surface area (Å²) in [6.45, 7) is 3.84. The van der Waals surface area contributed by atoms with Crippen LogP contribution in [0.2, 0.25) is 0 Å². The van der Waals surface area contributed by atoms with Crippen LogP contribution in [-0.4, -0.2) is 34.1 Å². The molecule has 1 aromatic carbocycles. The number of nitrogens with zero attached hydrogens (tertiary/aromatic N) is 3. The zero-order valence-corrected chi connectivity index (χ0v) is 13.0. The molecule has 1 aliphatic rings. The largest absolute Gasteiger partial charge is 0.485 e. The van der Waals surface area contributed by atoms with Crippen molar-refractivity contribution in [2.24, 2.45) is 0 Å². The molecule has 0 spiro atoms. The van der Waals surface area contributed by atoms with E-state index < -0.39 is 5.97 Å². The average molecular weight is 313 g/mol. The number of carbonyl (C=O) groups is 1. The van der Waals surface area contributed by atoms with Crippen LogP contribution in [0.25, 0.3) is 0 Å². The van der Waals surface area contributed by atoms with Crippen LogP contribution in [0.15, 0.2) is 30.5 Å². The number of aromatic carboxylic acids is 1. The van der Waals surface area contributed by atoms with Crippen molar-refractivity contribution in [1.82, 2.24) is 9.97 Å². The lowest BCUT2D eigenvalue weighted by molar-refractivity contribution is 0.0696. The van der Waals surface area contributed by atoms with E-state index in [4.69, 9.17) is 4.74 Å². The van der Waals surface area contributed by atoms with Gasteiger partial charge in [-0.1, -0.05) is 18.2 Å². The van der Waals surface area contributed by atoms with E-state index in [1.54, 1.807) is 0 Å². The number of aromatic nitrogens is 2. The van der Waals surface area contributed by atoms with Gasteiger partial charge in [-0.15, -0.1) is 0 Å². The van der Waals surface area contributed by atoms with E-state index in [1.165, 1.54) is 6.20 Å². The summed E-state index contributed by atoms with van der Waals surface area (Å²) in [5.74, 6) is 0.757. The molecule has 0 aliphatic carbocycles. The maximum absolute atomic E-state index is 11.4. The van der Waals surface area contributed by atoms with E-state index in [2.05, 4.69) is 9.97 Å². The summed E-state index contributed by atoms with van der Waals surface area (Å²) in [4.78, 5) is 21.9. The number of hydrogen-bond acceptors (Lipinski definition) is 5. The molecule has 23 heavy (non-hydrogen) atoms. The fourth-order valence-electron chi connectivity index (χ4n) is 2.66. The minimum Gasteiger partial charge on any atom is -0.485 e. The fourth-order valence-corrected chi connectivity index (χ4v) is 2.66. The van der Waals surface area contributed by atoms with Crippen molar-refractivity contribution in [1.29, 1.82) is 0 Å². The minimum absolute atomic E-state index is 0.145. The molecule has 0 bridgehead atoms. The van der Waals surface area contributed by atoms with E-state index in [0.29, 0.717) is 11.6 Å². The number of anilines is 1. The van der Waals surface area contributed by atoms with Crippen molar-refractivity contribution < 1.29 is 14.6 Å². The highest BCUT2D eigenvalue weighted by Crippen LogP contribution is 2.23. The molecule has 2 aromatic rings. The van der Waals surface area contributed by atoms with Crippen molar-refractivity contribution in [3.05, 3.63) is 47.4 Å². The third-order valence-electron chi connectivity index (χ3n) is 3.90. The molecular formula is C17H19N3O3. The summed E-state index contributed by atoms with van der Waals surface area (Å²) in [6, 6.07) is 7.72. The van der Waals surface area contributed by atoms with Crippen molar-refractivity contribution in [3.63, 3.8) is 0 Å². The van der Waals surface area contributed by atoms with Crippen molar-refractivity contribution in [2.75, 3.05) is 18.0 Å². The smallest absolute Gasteiger partial charge is 0.341 e. The summed E-state index contributed by atoms with van der Waals surface area (Å²) < 4.78 is 5.75. The molecule has 120 valence electrons. The Balaban J connectivity index is 1.81. The van der Waals surface area contributed by atoms with E-state index in [9.17, 15) is 9.90 Å². The lowest BCUT2D eigenvalue weighted by Gasteiger charge is -2.19. The van der Waals surface area contributed by atoms with Gasteiger partial charge in [0, 0.05) is 19.3 Å². The van der Waals surface area contributed by atoms with Crippen LogP contribution < -0.4 is 9.64 Å². The Bertz CT molecular complexity index is 712. The highest BCUT2D eigenvalue weighted by atomic mass is 16.5. The first-order chi connectivity index (χ1) is 11.1. The molecule has 0 amide bonds. The number of hydrogen-bond donors (Lipinski definition) is 1. The molecule has 1 saturated heterocycles. The first-order valence-corrected chi connectivity index (χ1v) is 7.68. The van der Waals surface area contributed by atoms with Gasteiger partial charge < -0.3 is 14.7 Å². The molecule has 1 N–H and O–H groups in total. The van der Waals surface area contributed by atoms with Gasteiger partial charge >= 0.3 is 5.97 Å². The van der Waals surface area contributed by atoms with Crippen LogP contribution in [0.4, 0.5) is 5.82 Å². The average Bonchev–Trinajstić information content (AvgIpc) is 3.08. The third kappa shape index (κ3) is 3.41. The Labute approximate surface area is 134 Å². The maximum atomic E-state index is 11.4. The van der Waals surface area contributed by atoms with Gasteiger partial charge in [0.2, 0.25) is 0 Å². The van der Waals surface area contributed by atoms with E-state index in [1.807, 2.05) is 36.1 Å². The standard InChI is InChI=1S/C17H19N3O3/c1-12-6-2-3-7-14(12)23-11-15-18-10-13(17(21)22)16(19-15)20-8-4-5-9-20/h2-3,6-7,10H,4-5,8-9,11H2,1H3,(H,21,22). The van der Waals surface area contributed by atoms with E-state index in [0.717, 1.165) is 37.2 Å². The van der Waals surface area contributed by atoms with Crippen LogP contribution in [0.5, 0.6) is 5.75 Å². The van der Waals surface area contributed by atoms with Crippen LogP contribution in [0.1, 0.15) is 34.6 Å². The number of carboxylic acids is 1. The Morgan fingerprint density at radius 2 is 2.04 bits per heavy atom. The molecule has 1 aliphatic heterocycles. The number of aryl methyl sites for hydroxylation is 1. The molecule has 1 aromatic heterocycles. The monoisotopic (exact) mass is 313 g/mol. The van der Waals surface area contributed by atoms with Crippen LogP contribution >= 0.6 is 0 Å². The topological polar surface area (TPSA) is 75.6 Å². The van der Waals surface area contributed by atoms with Crippen LogP contribution in [0.3, 0.4) is 0 Å². The molecule has 1 fully saturated rings. The first kappa shape index (κ1) is 15.3. The minimum atomic E-state index is -1.00. The molecule has 6 nitrogen and oxygen atoms in total. The van der Waals surface area contributed by atoms with Gasteiger partial charge in [0.05, 0.1) is 0 Å². The van der Waals surface area contributed by atoms with Gasteiger partial charge in [-0.05, 0) is 31.4 Å². The zero-order valence-electron chi connectivity index (χ0n) is 13.0. The summed E-state index contributed by atoms with van der Waals surface area (Å²) in [6.07, 6.45) is 3.48. The number of benzene rings is 1. The Morgan fingerprint density at radius 1 is 1.30 bits per heavy atom. The van der Waals surface area contributed by atoms with Gasteiger partial charge in [-0.2, -0.15) is 0 Å². The second-order valence-corrected chi connectivity index (χ2v) is 5.58. The molecule has 2 heterocycles. The van der Waals surface area contributed by atoms with E-state index >= 15 is 0 Å².